The monoisotopic (exact) mass is 540 g/mol. The predicted octanol–water partition coefficient (Wildman–Crippen LogP) is 7.08. The van der Waals surface area contributed by atoms with Crippen LogP contribution in [0.2, 0.25) is 0 Å². The number of ether oxygens (including phenoxy) is 1. The minimum Gasteiger partial charge on any atom is -0.481 e. The van der Waals surface area contributed by atoms with Crippen LogP contribution < -0.4 is 0 Å². The number of hydrogen-bond acceptors (Lipinski definition) is 4. The van der Waals surface area contributed by atoms with Gasteiger partial charge in [-0.3, -0.25) is 4.79 Å². The lowest BCUT2D eigenvalue weighted by atomic mass is 9.36. The van der Waals surface area contributed by atoms with Crippen LogP contribution in [0, 0.1) is 57.2 Å². The average molecular weight is 541 g/mol. The second-order valence-electron chi connectivity index (χ2n) is 15.9. The maximum absolute atomic E-state index is 12.7. The van der Waals surface area contributed by atoms with Gasteiger partial charge in [0.05, 0.1) is 11.5 Å². The molecular formula is C34H52O5. The molecule has 5 aliphatic carbocycles. The zero-order valence-electron chi connectivity index (χ0n) is 25.1. The maximum Gasteiger partial charge on any atom is 0.310 e. The highest BCUT2D eigenvalue weighted by Gasteiger charge is 2.65. The van der Waals surface area contributed by atoms with E-state index in [2.05, 4.69) is 40.7 Å². The van der Waals surface area contributed by atoms with Crippen molar-refractivity contribution in [3.05, 3.63) is 23.2 Å². The summed E-state index contributed by atoms with van der Waals surface area (Å²) < 4.78 is 5.71. The van der Waals surface area contributed by atoms with Gasteiger partial charge in [-0.1, -0.05) is 46.3 Å². The lowest BCUT2D eigenvalue weighted by molar-refractivity contribution is -0.176. The van der Waals surface area contributed by atoms with E-state index in [-0.39, 0.29) is 22.2 Å². The second kappa shape index (κ2) is 9.08. The SMILES string of the molecule is CC1CCC2(C(=O)O)CCC3C(=CCC4C3(C)CCC3C4(C)CC[C@@H](CC4=C(C(O)C(C)O)O4)C3(C)C)C2C1. The first-order valence-corrected chi connectivity index (χ1v) is 16.0. The van der Waals surface area contributed by atoms with Gasteiger partial charge in [0, 0.05) is 6.42 Å². The molecule has 6 aliphatic rings. The van der Waals surface area contributed by atoms with Gasteiger partial charge in [0.15, 0.2) is 5.76 Å². The number of fused-ring (bicyclic) bond motifs is 7. The van der Waals surface area contributed by atoms with Gasteiger partial charge in [0.2, 0.25) is 0 Å². The van der Waals surface area contributed by atoms with Gasteiger partial charge in [-0.15, -0.1) is 0 Å². The Morgan fingerprint density at radius 2 is 1.67 bits per heavy atom. The van der Waals surface area contributed by atoms with Crippen molar-refractivity contribution in [1.29, 1.82) is 0 Å². The summed E-state index contributed by atoms with van der Waals surface area (Å²) in [7, 11) is 0. The molecule has 5 heteroatoms. The molecule has 39 heavy (non-hydrogen) atoms. The molecule has 3 N–H and O–H groups in total. The number of aliphatic carboxylic acids is 1. The minimum absolute atomic E-state index is 0.169. The van der Waals surface area contributed by atoms with E-state index in [0.717, 1.165) is 50.7 Å². The summed E-state index contributed by atoms with van der Waals surface area (Å²) in [4.78, 5) is 12.7. The molecule has 4 saturated carbocycles. The van der Waals surface area contributed by atoms with Crippen molar-refractivity contribution in [2.45, 2.75) is 124 Å². The molecule has 5 nitrogen and oxygen atoms in total. The Kier molecular flexibility index (Phi) is 6.48. The van der Waals surface area contributed by atoms with Gasteiger partial charge in [0.25, 0.3) is 0 Å². The lowest BCUT2D eigenvalue weighted by Crippen LogP contribution is -2.61. The third kappa shape index (κ3) is 3.95. The highest BCUT2D eigenvalue weighted by molar-refractivity contribution is 5.76. The Bertz CT molecular complexity index is 1090. The Balaban J connectivity index is 1.27. The molecule has 0 aromatic rings. The summed E-state index contributed by atoms with van der Waals surface area (Å²) in [6.45, 7) is 14.1. The summed E-state index contributed by atoms with van der Waals surface area (Å²) in [6, 6.07) is 0. The molecule has 0 saturated heterocycles. The molecule has 6 rings (SSSR count). The molecule has 0 spiro atoms. The van der Waals surface area contributed by atoms with Crippen LogP contribution in [0.1, 0.15) is 112 Å². The average Bonchev–Trinajstić information content (AvgIpc) is 3.64. The number of aliphatic hydroxyl groups is 2. The van der Waals surface area contributed by atoms with Crippen LogP contribution in [0.5, 0.6) is 0 Å². The quantitative estimate of drug-likeness (QED) is 0.324. The van der Waals surface area contributed by atoms with Crippen molar-refractivity contribution in [3.63, 3.8) is 0 Å². The van der Waals surface area contributed by atoms with Crippen LogP contribution in [0.4, 0.5) is 0 Å². The molecule has 0 radical (unpaired) electrons. The lowest BCUT2D eigenvalue weighted by Gasteiger charge is -2.68. The fourth-order valence-electron chi connectivity index (χ4n) is 11.5. The first-order valence-electron chi connectivity index (χ1n) is 16.0. The van der Waals surface area contributed by atoms with E-state index in [1.807, 2.05) is 0 Å². The van der Waals surface area contributed by atoms with E-state index in [1.165, 1.54) is 31.3 Å². The molecule has 4 fully saturated rings. The van der Waals surface area contributed by atoms with Crippen LogP contribution in [-0.2, 0) is 9.53 Å². The Morgan fingerprint density at radius 1 is 0.974 bits per heavy atom. The van der Waals surface area contributed by atoms with E-state index in [4.69, 9.17) is 4.74 Å². The molecule has 10 unspecified atom stereocenters. The summed E-state index contributed by atoms with van der Waals surface area (Å²) >= 11 is 0. The van der Waals surface area contributed by atoms with E-state index in [0.29, 0.717) is 35.3 Å². The molecule has 1 aliphatic heterocycles. The predicted molar refractivity (Wildman–Crippen MR) is 151 cm³/mol. The summed E-state index contributed by atoms with van der Waals surface area (Å²) in [5, 5.41) is 30.5. The van der Waals surface area contributed by atoms with Crippen molar-refractivity contribution >= 4 is 5.97 Å². The minimum atomic E-state index is -0.905. The third-order valence-corrected chi connectivity index (χ3v) is 13.8. The number of allylic oxidation sites excluding steroid dienone is 3. The van der Waals surface area contributed by atoms with E-state index >= 15 is 0 Å². The molecule has 0 amide bonds. The molecule has 0 aromatic heterocycles. The Hall–Kier alpha value is -1.33. The molecule has 11 atom stereocenters. The zero-order valence-corrected chi connectivity index (χ0v) is 25.1. The van der Waals surface area contributed by atoms with Crippen LogP contribution >= 0.6 is 0 Å². The normalized spacial score (nSPS) is 47.8. The Labute approximate surface area is 235 Å². The summed E-state index contributed by atoms with van der Waals surface area (Å²) in [5.74, 6) is 4.13. The standard InChI is InChI=1S/C34H52O5/c1-19-9-15-34(30(37)38)16-11-23-22(24(34)17-19)7-8-27-32(23,5)14-12-26-31(3,4)21(10-13-33(26,27)6)18-25-29(39-25)28(36)20(2)35/h7,19-21,23-24,26-28,35-36H,8-18H2,1-6H3,(H,37,38)/t19?,20?,21-,23?,24?,26?,27?,28?,32?,33?,34?/m0/s1. The fourth-order valence-corrected chi connectivity index (χ4v) is 11.5. The second-order valence-corrected chi connectivity index (χ2v) is 15.9. The van der Waals surface area contributed by atoms with Crippen LogP contribution in [0.15, 0.2) is 23.2 Å². The van der Waals surface area contributed by atoms with Crippen LogP contribution in [-0.4, -0.2) is 33.5 Å². The number of carbonyl (C=O) groups is 1. The molecular weight excluding hydrogens is 488 g/mol. The van der Waals surface area contributed by atoms with Crippen molar-refractivity contribution < 1.29 is 24.9 Å². The van der Waals surface area contributed by atoms with Crippen molar-refractivity contribution in [1.82, 2.24) is 0 Å². The number of rotatable bonds is 5. The topological polar surface area (TPSA) is 90.3 Å². The largest absolute Gasteiger partial charge is 0.481 e. The number of hydrogen-bond donors (Lipinski definition) is 3. The summed E-state index contributed by atoms with van der Waals surface area (Å²) in [6.07, 6.45) is 12.6. The van der Waals surface area contributed by atoms with E-state index in [1.54, 1.807) is 6.92 Å². The van der Waals surface area contributed by atoms with Gasteiger partial charge in [0.1, 0.15) is 11.9 Å². The van der Waals surface area contributed by atoms with E-state index in [9.17, 15) is 20.1 Å². The van der Waals surface area contributed by atoms with Gasteiger partial charge in [-0.25, -0.2) is 0 Å². The van der Waals surface area contributed by atoms with Gasteiger partial charge < -0.3 is 20.1 Å². The van der Waals surface area contributed by atoms with Gasteiger partial charge >= 0.3 is 5.97 Å². The molecule has 1 heterocycles. The first-order chi connectivity index (χ1) is 18.3. The van der Waals surface area contributed by atoms with Gasteiger partial charge in [-0.05, 0) is 123 Å². The smallest absolute Gasteiger partial charge is 0.310 e. The zero-order chi connectivity index (χ0) is 28.1. The maximum atomic E-state index is 12.7. The highest BCUT2D eigenvalue weighted by atomic mass is 16.6. The fraction of sp³-hybridized carbons (Fsp3) is 0.853. The van der Waals surface area contributed by atoms with Crippen molar-refractivity contribution in [3.8, 4) is 0 Å². The van der Waals surface area contributed by atoms with Crippen molar-refractivity contribution in [2.75, 3.05) is 0 Å². The molecule has 0 aromatic carbocycles. The number of carboxylic acid groups (broad SMARTS) is 1. The highest BCUT2D eigenvalue weighted by Crippen LogP contribution is 2.72. The summed E-state index contributed by atoms with van der Waals surface area (Å²) in [5.41, 5.74) is 1.70. The van der Waals surface area contributed by atoms with E-state index < -0.39 is 23.6 Å². The van der Waals surface area contributed by atoms with Crippen molar-refractivity contribution in [2.24, 2.45) is 57.2 Å². The first kappa shape index (κ1) is 27.8. The van der Waals surface area contributed by atoms with Crippen LogP contribution in [0.25, 0.3) is 0 Å². The number of aliphatic hydroxyl groups excluding tert-OH is 2. The molecule has 218 valence electrons. The Morgan fingerprint density at radius 3 is 2.36 bits per heavy atom. The number of carboxylic acids is 1. The van der Waals surface area contributed by atoms with Gasteiger partial charge in [-0.2, -0.15) is 0 Å². The third-order valence-electron chi connectivity index (χ3n) is 13.8. The molecule has 0 bridgehead atoms. The van der Waals surface area contributed by atoms with Crippen LogP contribution in [0.3, 0.4) is 0 Å².